The van der Waals surface area contributed by atoms with Gasteiger partial charge in [0, 0.05) is 41.8 Å². The van der Waals surface area contributed by atoms with Crippen molar-refractivity contribution in [1.82, 2.24) is 9.47 Å². The minimum absolute atomic E-state index is 0.219. The van der Waals surface area contributed by atoms with Gasteiger partial charge in [-0.25, -0.2) is 0 Å². The van der Waals surface area contributed by atoms with E-state index in [1.165, 1.54) is 4.90 Å². The van der Waals surface area contributed by atoms with Gasteiger partial charge in [0.2, 0.25) is 0 Å². The number of hydrogen-bond acceptors (Lipinski definition) is 4. The lowest BCUT2D eigenvalue weighted by Crippen LogP contribution is -2.29. The van der Waals surface area contributed by atoms with E-state index >= 15 is 0 Å². The summed E-state index contributed by atoms with van der Waals surface area (Å²) >= 11 is 4.51. The van der Waals surface area contributed by atoms with Crippen molar-refractivity contribution in [3.8, 4) is 5.69 Å². The molecule has 2 heterocycles. The first-order chi connectivity index (χ1) is 12.9. The maximum absolute atomic E-state index is 12.6. The van der Waals surface area contributed by atoms with Gasteiger partial charge in [0.05, 0.1) is 4.91 Å². The van der Waals surface area contributed by atoms with Gasteiger partial charge in [0.15, 0.2) is 0 Å². The van der Waals surface area contributed by atoms with Crippen molar-refractivity contribution in [3.05, 3.63) is 56.7 Å². The summed E-state index contributed by atoms with van der Waals surface area (Å²) in [5.74, 6) is -0.228. The maximum atomic E-state index is 12.6. The summed E-state index contributed by atoms with van der Waals surface area (Å²) in [6, 6.07) is 10.1. The number of ether oxygens (including phenoxy) is 1. The molecule has 3 rings (SSSR count). The normalized spacial score (nSPS) is 16.0. The van der Waals surface area contributed by atoms with Crippen LogP contribution in [0.1, 0.15) is 23.4 Å². The number of methoxy groups -OCH3 is 1. The van der Waals surface area contributed by atoms with Crippen molar-refractivity contribution >= 4 is 44.9 Å². The molecule has 1 fully saturated rings. The largest absolute Gasteiger partial charge is 0.385 e. The van der Waals surface area contributed by atoms with Gasteiger partial charge in [0.25, 0.3) is 11.1 Å². The number of aryl methyl sites for hydroxylation is 1. The standard InChI is InChI=1S/C20H21BrN2O3S/c1-13-10-15(14(2)23(13)17-7-4-6-16(21)12-17)11-18-19(24)22(20(25)27-18)8-5-9-26-3/h4,6-7,10-12H,5,8-9H2,1-3H3/b18-11+. The predicted molar refractivity (Wildman–Crippen MR) is 112 cm³/mol. The maximum Gasteiger partial charge on any atom is 0.293 e. The van der Waals surface area contributed by atoms with Gasteiger partial charge >= 0.3 is 0 Å². The van der Waals surface area contributed by atoms with E-state index in [1.807, 2.05) is 50.3 Å². The summed E-state index contributed by atoms with van der Waals surface area (Å²) in [6.07, 6.45) is 2.46. The summed E-state index contributed by atoms with van der Waals surface area (Å²) in [4.78, 5) is 26.5. The van der Waals surface area contributed by atoms with Crippen molar-refractivity contribution in [2.75, 3.05) is 20.3 Å². The van der Waals surface area contributed by atoms with Crippen LogP contribution in [0.2, 0.25) is 0 Å². The molecule has 0 aliphatic carbocycles. The molecular weight excluding hydrogens is 428 g/mol. The van der Waals surface area contributed by atoms with Crippen molar-refractivity contribution in [2.45, 2.75) is 20.3 Å². The molecule has 2 aromatic rings. The molecule has 0 saturated carbocycles. The first-order valence-electron chi connectivity index (χ1n) is 8.61. The lowest BCUT2D eigenvalue weighted by molar-refractivity contribution is -0.122. The number of thioether (sulfide) groups is 1. The summed E-state index contributed by atoms with van der Waals surface area (Å²) in [7, 11) is 1.61. The number of rotatable bonds is 6. The Hall–Kier alpha value is -1.83. The van der Waals surface area contributed by atoms with Crippen LogP contribution < -0.4 is 0 Å². The van der Waals surface area contributed by atoms with Crippen LogP contribution in [-0.4, -0.2) is 40.9 Å². The number of carbonyl (C=O) groups is 2. The summed E-state index contributed by atoms with van der Waals surface area (Å²) in [5.41, 5.74) is 4.08. The number of imide groups is 1. The molecular formula is C20H21BrN2O3S. The smallest absolute Gasteiger partial charge is 0.293 e. The first-order valence-corrected chi connectivity index (χ1v) is 10.2. The van der Waals surface area contributed by atoms with Gasteiger partial charge in [-0.15, -0.1) is 0 Å². The van der Waals surface area contributed by atoms with Crippen LogP contribution >= 0.6 is 27.7 Å². The number of halogens is 1. The Morgan fingerprint density at radius 1 is 1.22 bits per heavy atom. The van der Waals surface area contributed by atoms with E-state index in [1.54, 1.807) is 7.11 Å². The molecule has 5 nitrogen and oxygen atoms in total. The van der Waals surface area contributed by atoms with Gasteiger partial charge in [0.1, 0.15) is 0 Å². The molecule has 142 valence electrons. The van der Waals surface area contributed by atoms with Gasteiger partial charge in [-0.3, -0.25) is 14.5 Å². The lowest BCUT2D eigenvalue weighted by atomic mass is 10.2. The molecule has 2 amide bonds. The van der Waals surface area contributed by atoms with Crippen LogP contribution in [0.5, 0.6) is 0 Å². The molecule has 0 atom stereocenters. The van der Waals surface area contributed by atoms with Crippen molar-refractivity contribution in [3.63, 3.8) is 0 Å². The summed E-state index contributed by atoms with van der Waals surface area (Å²) < 4.78 is 8.14. The fourth-order valence-electron chi connectivity index (χ4n) is 3.15. The molecule has 0 spiro atoms. The fraction of sp³-hybridized carbons (Fsp3) is 0.300. The highest BCUT2D eigenvalue weighted by molar-refractivity contribution is 9.10. The fourth-order valence-corrected chi connectivity index (χ4v) is 4.39. The second-order valence-corrected chi connectivity index (χ2v) is 8.23. The number of hydrogen-bond donors (Lipinski definition) is 0. The van der Waals surface area contributed by atoms with Crippen LogP contribution in [0.15, 0.2) is 39.7 Å². The predicted octanol–water partition coefficient (Wildman–Crippen LogP) is 4.93. The Labute approximate surface area is 171 Å². The molecule has 0 radical (unpaired) electrons. The van der Waals surface area contributed by atoms with Crippen LogP contribution in [-0.2, 0) is 9.53 Å². The Morgan fingerprint density at radius 3 is 2.70 bits per heavy atom. The number of nitrogens with zero attached hydrogens (tertiary/aromatic N) is 2. The highest BCUT2D eigenvalue weighted by Gasteiger charge is 2.34. The third-order valence-electron chi connectivity index (χ3n) is 4.43. The van der Waals surface area contributed by atoms with E-state index in [4.69, 9.17) is 4.74 Å². The van der Waals surface area contributed by atoms with Crippen LogP contribution in [0.4, 0.5) is 4.79 Å². The van der Waals surface area contributed by atoms with E-state index < -0.39 is 0 Å². The van der Waals surface area contributed by atoms with Gasteiger partial charge in [-0.2, -0.15) is 0 Å². The molecule has 27 heavy (non-hydrogen) atoms. The molecule has 1 aromatic carbocycles. The molecule has 1 saturated heterocycles. The zero-order chi connectivity index (χ0) is 19.6. The zero-order valence-corrected chi connectivity index (χ0v) is 17.9. The van der Waals surface area contributed by atoms with Crippen molar-refractivity contribution < 1.29 is 14.3 Å². The van der Waals surface area contributed by atoms with E-state index in [2.05, 4.69) is 20.5 Å². The lowest BCUT2D eigenvalue weighted by Gasteiger charge is -2.11. The third kappa shape index (κ3) is 4.20. The SMILES string of the molecule is COCCCN1C(=O)S/C(=C/c2cc(C)n(-c3cccc(Br)c3)c2C)C1=O. The van der Waals surface area contributed by atoms with Crippen LogP contribution in [0.25, 0.3) is 11.8 Å². The van der Waals surface area contributed by atoms with Crippen LogP contribution in [0.3, 0.4) is 0 Å². The molecule has 0 N–H and O–H groups in total. The quantitative estimate of drug-likeness (QED) is 0.464. The molecule has 1 aliphatic heterocycles. The summed E-state index contributed by atoms with van der Waals surface area (Å²) in [6.45, 7) is 4.95. The number of carbonyl (C=O) groups excluding carboxylic acids is 2. The molecule has 0 bridgehead atoms. The van der Waals surface area contributed by atoms with Crippen LogP contribution in [0, 0.1) is 13.8 Å². The van der Waals surface area contributed by atoms with Crippen molar-refractivity contribution in [2.24, 2.45) is 0 Å². The molecule has 7 heteroatoms. The molecule has 1 aromatic heterocycles. The second kappa shape index (κ2) is 8.46. The molecule has 1 aliphatic rings. The monoisotopic (exact) mass is 448 g/mol. The molecule has 0 unspecified atom stereocenters. The highest BCUT2D eigenvalue weighted by atomic mass is 79.9. The number of aromatic nitrogens is 1. The van der Waals surface area contributed by atoms with E-state index in [-0.39, 0.29) is 11.1 Å². The Morgan fingerprint density at radius 2 is 2.00 bits per heavy atom. The van der Waals surface area contributed by atoms with Gasteiger partial charge in [-0.05, 0) is 67.9 Å². The van der Waals surface area contributed by atoms with Crippen molar-refractivity contribution in [1.29, 1.82) is 0 Å². The summed E-state index contributed by atoms with van der Waals surface area (Å²) in [5, 5.41) is -0.219. The average Bonchev–Trinajstić information content (AvgIpc) is 3.05. The van der Waals surface area contributed by atoms with E-state index in [9.17, 15) is 9.59 Å². The van der Waals surface area contributed by atoms with Gasteiger partial charge in [-0.1, -0.05) is 22.0 Å². The highest BCUT2D eigenvalue weighted by Crippen LogP contribution is 2.34. The topological polar surface area (TPSA) is 51.5 Å². The van der Waals surface area contributed by atoms with E-state index in [0.29, 0.717) is 24.5 Å². The Balaban J connectivity index is 1.89. The number of benzene rings is 1. The Kier molecular flexibility index (Phi) is 6.24. The second-order valence-electron chi connectivity index (χ2n) is 6.32. The Bertz CT molecular complexity index is 920. The van der Waals surface area contributed by atoms with Gasteiger partial charge < -0.3 is 9.30 Å². The average molecular weight is 449 g/mol. The zero-order valence-electron chi connectivity index (χ0n) is 15.5. The minimum Gasteiger partial charge on any atom is -0.385 e. The first kappa shape index (κ1) is 19.9. The third-order valence-corrected chi connectivity index (χ3v) is 5.83. The number of amides is 2. The minimum atomic E-state index is -0.228. The van der Waals surface area contributed by atoms with E-state index in [0.717, 1.165) is 38.9 Å².